The summed E-state index contributed by atoms with van der Waals surface area (Å²) in [6.07, 6.45) is 1.96. The molecule has 0 bridgehead atoms. The summed E-state index contributed by atoms with van der Waals surface area (Å²) in [4.78, 5) is 10.1. The molecular weight excluding hydrogens is 400 g/mol. The van der Waals surface area contributed by atoms with E-state index in [-0.39, 0.29) is 5.41 Å². The molecule has 2 nitrogen and oxygen atoms in total. The molecule has 1 aliphatic carbocycles. The van der Waals surface area contributed by atoms with E-state index in [4.69, 9.17) is 9.97 Å². The third-order valence-corrected chi connectivity index (χ3v) is 7.57. The van der Waals surface area contributed by atoms with Crippen molar-refractivity contribution in [3.63, 3.8) is 0 Å². The van der Waals surface area contributed by atoms with Crippen LogP contribution < -0.4 is 0 Å². The molecule has 0 atom stereocenters. The Morgan fingerprint density at radius 2 is 1.52 bits per heavy atom. The Kier molecular flexibility index (Phi) is 3.51. The molecule has 2 aromatic heterocycles. The molecular formula is C31H24N2. The molecule has 0 amide bonds. The van der Waals surface area contributed by atoms with Crippen molar-refractivity contribution in [2.24, 2.45) is 0 Å². The van der Waals surface area contributed by atoms with Gasteiger partial charge in [-0.1, -0.05) is 61.9 Å². The van der Waals surface area contributed by atoms with Gasteiger partial charge < -0.3 is 0 Å². The Hall–Kier alpha value is -3.78. The van der Waals surface area contributed by atoms with Crippen molar-refractivity contribution >= 4 is 43.2 Å². The molecule has 2 heteroatoms. The highest BCUT2D eigenvalue weighted by molar-refractivity contribution is 6.21. The zero-order valence-corrected chi connectivity index (χ0v) is 19.3. The highest BCUT2D eigenvalue weighted by atomic mass is 14.8. The predicted octanol–water partition coefficient (Wildman–Crippen LogP) is 8.01. The van der Waals surface area contributed by atoms with Crippen LogP contribution >= 0.6 is 0 Å². The molecule has 158 valence electrons. The maximum Gasteiger partial charge on any atom is 0.0802 e. The van der Waals surface area contributed by atoms with Crippen molar-refractivity contribution in [1.29, 1.82) is 0 Å². The van der Waals surface area contributed by atoms with Crippen molar-refractivity contribution in [1.82, 2.24) is 9.97 Å². The molecule has 0 saturated heterocycles. The Morgan fingerprint density at radius 1 is 0.727 bits per heavy atom. The second-order valence-electron chi connectivity index (χ2n) is 10.0. The molecule has 0 aliphatic heterocycles. The lowest BCUT2D eigenvalue weighted by Gasteiger charge is -2.34. The van der Waals surface area contributed by atoms with Gasteiger partial charge >= 0.3 is 0 Å². The fraction of sp³-hybridized carbons (Fsp3) is 0.161. The molecule has 6 aromatic rings. The summed E-state index contributed by atoms with van der Waals surface area (Å²) < 4.78 is 0. The van der Waals surface area contributed by atoms with Crippen LogP contribution in [0.25, 0.3) is 54.5 Å². The molecule has 0 spiro atoms. The van der Waals surface area contributed by atoms with Gasteiger partial charge in [-0.25, -0.2) is 0 Å². The highest BCUT2D eigenvalue weighted by Crippen LogP contribution is 2.50. The number of nitrogens with zero attached hydrogens (tertiary/aromatic N) is 2. The number of benzene rings is 4. The molecule has 1 aliphatic rings. The zero-order chi connectivity index (χ0) is 22.5. The lowest BCUT2D eigenvalue weighted by molar-refractivity contribution is 0.624. The van der Waals surface area contributed by atoms with Crippen LogP contribution in [0.15, 0.2) is 72.9 Å². The monoisotopic (exact) mass is 424 g/mol. The smallest absolute Gasteiger partial charge is 0.0802 e. The van der Waals surface area contributed by atoms with Gasteiger partial charge in [0.1, 0.15) is 0 Å². The predicted molar refractivity (Wildman–Crippen MR) is 139 cm³/mol. The first-order valence-electron chi connectivity index (χ1n) is 11.6. The van der Waals surface area contributed by atoms with Crippen molar-refractivity contribution in [3.05, 3.63) is 95.3 Å². The molecule has 0 fully saturated rings. The number of hydrogen-bond donors (Lipinski definition) is 0. The van der Waals surface area contributed by atoms with E-state index >= 15 is 0 Å². The van der Waals surface area contributed by atoms with Crippen LogP contribution in [-0.2, 0) is 5.41 Å². The van der Waals surface area contributed by atoms with Crippen molar-refractivity contribution in [3.8, 4) is 11.3 Å². The molecule has 0 unspecified atom stereocenters. The largest absolute Gasteiger partial charge is 0.256 e. The third kappa shape index (κ3) is 2.38. The summed E-state index contributed by atoms with van der Waals surface area (Å²) in [5.41, 5.74) is 8.07. The SMILES string of the molecule is Cc1cc(C)c2ccc3c4ccnc5c4c(cc3c2c1)C(C)(C)c1nc2ccccc2cc1-5. The van der Waals surface area contributed by atoms with E-state index in [1.807, 2.05) is 6.20 Å². The second kappa shape index (κ2) is 6.17. The van der Waals surface area contributed by atoms with Crippen LogP contribution in [-0.4, -0.2) is 9.97 Å². The Bertz CT molecular complexity index is 1810. The van der Waals surface area contributed by atoms with Gasteiger partial charge in [0.25, 0.3) is 0 Å². The van der Waals surface area contributed by atoms with Gasteiger partial charge in [-0.15, -0.1) is 0 Å². The molecule has 4 aromatic carbocycles. The summed E-state index contributed by atoms with van der Waals surface area (Å²) in [5.74, 6) is 0. The molecule has 2 heterocycles. The van der Waals surface area contributed by atoms with Crippen molar-refractivity contribution in [2.75, 3.05) is 0 Å². The third-order valence-electron chi connectivity index (χ3n) is 7.57. The fourth-order valence-corrected chi connectivity index (χ4v) is 5.99. The number of aromatic nitrogens is 2. The molecule has 33 heavy (non-hydrogen) atoms. The van der Waals surface area contributed by atoms with Crippen LogP contribution in [0.5, 0.6) is 0 Å². The summed E-state index contributed by atoms with van der Waals surface area (Å²) in [6.45, 7) is 9.02. The number of hydrogen-bond acceptors (Lipinski definition) is 2. The van der Waals surface area contributed by atoms with E-state index in [0.717, 1.165) is 27.9 Å². The van der Waals surface area contributed by atoms with E-state index in [1.54, 1.807) is 0 Å². The van der Waals surface area contributed by atoms with Gasteiger partial charge in [-0.3, -0.25) is 9.97 Å². The molecule has 0 N–H and O–H groups in total. The number of para-hydroxylation sites is 1. The summed E-state index contributed by atoms with van der Waals surface area (Å²) >= 11 is 0. The summed E-state index contributed by atoms with van der Waals surface area (Å²) in [7, 11) is 0. The maximum atomic E-state index is 5.19. The van der Waals surface area contributed by atoms with Gasteiger partial charge in [0, 0.05) is 27.9 Å². The van der Waals surface area contributed by atoms with Gasteiger partial charge in [-0.05, 0) is 76.2 Å². The molecule has 0 radical (unpaired) electrons. The minimum atomic E-state index is -0.233. The zero-order valence-electron chi connectivity index (χ0n) is 19.3. The summed E-state index contributed by atoms with van der Waals surface area (Å²) in [5, 5.41) is 8.97. The van der Waals surface area contributed by atoms with Crippen LogP contribution in [0.2, 0.25) is 0 Å². The summed E-state index contributed by atoms with van der Waals surface area (Å²) in [6, 6.07) is 24.5. The average molecular weight is 425 g/mol. The topological polar surface area (TPSA) is 25.8 Å². The maximum absolute atomic E-state index is 5.19. The number of aryl methyl sites for hydroxylation is 2. The lowest BCUT2D eigenvalue weighted by atomic mass is 9.71. The van der Waals surface area contributed by atoms with E-state index in [0.29, 0.717) is 0 Å². The minimum absolute atomic E-state index is 0.233. The van der Waals surface area contributed by atoms with E-state index in [1.165, 1.54) is 49.0 Å². The molecule has 7 rings (SSSR count). The average Bonchev–Trinajstić information content (AvgIpc) is 2.81. The number of fused-ring (bicyclic) bond motifs is 7. The fourth-order valence-electron chi connectivity index (χ4n) is 5.99. The number of rotatable bonds is 0. The Morgan fingerprint density at radius 3 is 2.39 bits per heavy atom. The second-order valence-corrected chi connectivity index (χ2v) is 10.0. The first-order valence-corrected chi connectivity index (χ1v) is 11.6. The van der Waals surface area contributed by atoms with E-state index in [9.17, 15) is 0 Å². The van der Waals surface area contributed by atoms with E-state index in [2.05, 4.69) is 94.4 Å². The minimum Gasteiger partial charge on any atom is -0.256 e. The van der Waals surface area contributed by atoms with Gasteiger partial charge in [-0.2, -0.15) is 0 Å². The van der Waals surface area contributed by atoms with Crippen LogP contribution in [0.4, 0.5) is 0 Å². The normalized spacial score (nSPS) is 14.3. The highest BCUT2D eigenvalue weighted by Gasteiger charge is 2.36. The first-order chi connectivity index (χ1) is 15.9. The standard InChI is InChI=1S/C31H24N2/c1-17-13-18(2)20-9-10-21-22-11-12-32-29-25-15-19-7-5-6-8-27(19)33-30(25)31(3,4)26(28(22)29)16-24(21)23(20)14-17/h5-16H,1-4H3. The lowest BCUT2D eigenvalue weighted by Crippen LogP contribution is -2.25. The number of pyridine rings is 2. The Labute approximate surface area is 192 Å². The van der Waals surface area contributed by atoms with Crippen molar-refractivity contribution in [2.45, 2.75) is 33.1 Å². The van der Waals surface area contributed by atoms with Crippen molar-refractivity contribution < 1.29 is 0 Å². The molecule has 0 saturated carbocycles. The van der Waals surface area contributed by atoms with Gasteiger partial charge in [0.2, 0.25) is 0 Å². The van der Waals surface area contributed by atoms with Crippen LogP contribution in [0.1, 0.15) is 36.2 Å². The van der Waals surface area contributed by atoms with Crippen LogP contribution in [0.3, 0.4) is 0 Å². The Balaban J connectivity index is 1.71. The first kappa shape index (κ1) is 18.8. The van der Waals surface area contributed by atoms with Gasteiger partial charge in [0.05, 0.1) is 16.9 Å². The quantitative estimate of drug-likeness (QED) is 0.231. The van der Waals surface area contributed by atoms with Gasteiger partial charge in [0.15, 0.2) is 0 Å². The van der Waals surface area contributed by atoms with Crippen LogP contribution in [0, 0.1) is 13.8 Å². The van der Waals surface area contributed by atoms with E-state index < -0.39 is 0 Å².